The van der Waals surface area contributed by atoms with E-state index in [1.54, 1.807) is 30.3 Å². The molecular weight excluding hydrogens is 682 g/mol. The number of aryl methyl sites for hydroxylation is 1. The van der Waals surface area contributed by atoms with Crippen LogP contribution in [0.15, 0.2) is 78.9 Å². The number of sulfonamides is 1. The number of piperazine rings is 1. The van der Waals surface area contributed by atoms with Gasteiger partial charge in [0, 0.05) is 50.9 Å². The summed E-state index contributed by atoms with van der Waals surface area (Å²) in [6.45, 7) is 9.29. The fraction of sp³-hybridized carbons (Fsp3) is 0.378. The molecule has 0 bridgehead atoms. The number of piperidine rings is 1. The fourth-order valence-corrected chi connectivity index (χ4v) is 7.93. The van der Waals surface area contributed by atoms with Crippen LogP contribution < -0.4 is 14.4 Å². The zero-order valence-electron chi connectivity index (χ0n) is 28.6. The van der Waals surface area contributed by atoms with Crippen LogP contribution in [0.25, 0.3) is 0 Å². The second-order valence-electron chi connectivity index (χ2n) is 12.9. The number of aromatic nitrogens is 2. The molecule has 0 radical (unpaired) electrons. The lowest BCUT2D eigenvalue weighted by Gasteiger charge is -2.37. The van der Waals surface area contributed by atoms with Gasteiger partial charge in [-0.15, -0.1) is 10.2 Å². The van der Waals surface area contributed by atoms with Gasteiger partial charge in [-0.05, 0) is 79.3 Å². The Morgan fingerprint density at radius 1 is 0.902 bits per heavy atom. The first kappa shape index (κ1) is 36.1. The van der Waals surface area contributed by atoms with Crippen LogP contribution in [0.3, 0.4) is 0 Å². The summed E-state index contributed by atoms with van der Waals surface area (Å²) in [5, 5.41) is 6.70. The number of likely N-dealkylation sites (tertiary alicyclic amines) is 1. The van der Waals surface area contributed by atoms with Gasteiger partial charge < -0.3 is 19.4 Å². The highest BCUT2D eigenvalue weighted by Crippen LogP contribution is 2.36. The van der Waals surface area contributed by atoms with Crippen molar-refractivity contribution in [1.29, 1.82) is 0 Å². The van der Waals surface area contributed by atoms with Crippen molar-refractivity contribution in [3.63, 3.8) is 0 Å². The number of hydrogen-bond acceptors (Lipinski definition) is 8. The Labute approximate surface area is 296 Å². The summed E-state index contributed by atoms with van der Waals surface area (Å²) in [6.07, 6.45) is -3.12. The maximum atomic E-state index is 13.9. The first-order valence-corrected chi connectivity index (χ1v) is 18.7. The lowest BCUT2D eigenvalue weighted by atomic mass is 9.89. The summed E-state index contributed by atoms with van der Waals surface area (Å²) in [6, 6.07) is 21.8. The predicted molar refractivity (Wildman–Crippen MR) is 190 cm³/mol. The first-order chi connectivity index (χ1) is 24.4. The van der Waals surface area contributed by atoms with Gasteiger partial charge in [-0.1, -0.05) is 49.4 Å². The summed E-state index contributed by atoms with van der Waals surface area (Å²) in [5.74, 6) is 0.237. The molecule has 2 fully saturated rings. The summed E-state index contributed by atoms with van der Waals surface area (Å²) in [4.78, 5) is 20.3. The molecule has 51 heavy (non-hydrogen) atoms. The van der Waals surface area contributed by atoms with E-state index in [1.807, 2.05) is 48.2 Å². The van der Waals surface area contributed by atoms with Crippen LogP contribution in [0.5, 0.6) is 11.6 Å². The standard InChI is InChI=1S/C37H41F3N6O4S/c1-3-44-19-21-45(22-20-44)35-26(2)23-30(24-32(35)43-51(48,49)25-27-7-5-4-6-8-27)36(47)46-17-15-29(16-18-46)28-9-11-31(12-10-28)50-34-14-13-33(41-42-34)37(38,39)40/h4-14,23-24,29,43H,3,15-22,25H2,1-2H3. The number of benzene rings is 3. The van der Waals surface area contributed by atoms with E-state index in [0.29, 0.717) is 35.7 Å². The molecule has 0 atom stereocenters. The highest BCUT2D eigenvalue weighted by molar-refractivity contribution is 7.91. The number of carbonyl (C=O) groups is 1. The van der Waals surface area contributed by atoms with Gasteiger partial charge in [0.15, 0.2) is 5.69 Å². The molecule has 0 unspecified atom stereocenters. The Hall–Kier alpha value is -4.69. The Kier molecular flexibility index (Phi) is 10.8. The molecule has 1 N–H and O–H groups in total. The molecule has 1 amide bonds. The number of carbonyl (C=O) groups excluding carboxylic acids is 1. The average molecular weight is 723 g/mol. The Bertz CT molecular complexity index is 1910. The largest absolute Gasteiger partial charge is 0.438 e. The van der Waals surface area contributed by atoms with Crippen LogP contribution in [0.1, 0.15) is 58.4 Å². The molecule has 0 spiro atoms. The maximum Gasteiger partial charge on any atom is 0.435 e. The number of rotatable bonds is 10. The van der Waals surface area contributed by atoms with Crippen LogP contribution >= 0.6 is 0 Å². The van der Waals surface area contributed by atoms with Gasteiger partial charge in [0.1, 0.15) is 5.75 Å². The topological polar surface area (TPSA) is 108 Å². The third kappa shape index (κ3) is 8.98. The van der Waals surface area contributed by atoms with Crippen molar-refractivity contribution in [2.45, 2.75) is 44.5 Å². The molecule has 1 aromatic heterocycles. The molecule has 0 saturated carbocycles. The SMILES string of the molecule is CCN1CCN(c2c(C)cc(C(=O)N3CCC(c4ccc(Oc5ccc(C(F)(F)F)nn5)cc4)CC3)cc2NS(=O)(=O)Cc2ccccc2)CC1. The Morgan fingerprint density at radius 3 is 2.20 bits per heavy atom. The van der Waals surface area contributed by atoms with Crippen LogP contribution in [0, 0.1) is 6.92 Å². The monoisotopic (exact) mass is 722 g/mol. The van der Waals surface area contributed by atoms with Crippen molar-refractivity contribution in [3.05, 3.63) is 107 Å². The van der Waals surface area contributed by atoms with E-state index in [9.17, 15) is 26.4 Å². The third-order valence-corrected chi connectivity index (χ3v) is 10.7. The predicted octanol–water partition coefficient (Wildman–Crippen LogP) is 6.70. The zero-order chi connectivity index (χ0) is 36.2. The van der Waals surface area contributed by atoms with E-state index in [0.717, 1.165) is 74.5 Å². The minimum Gasteiger partial charge on any atom is -0.438 e. The van der Waals surface area contributed by atoms with Crippen LogP contribution in [0.4, 0.5) is 24.5 Å². The minimum absolute atomic E-state index is 0.0444. The van der Waals surface area contributed by atoms with Gasteiger partial charge in [-0.2, -0.15) is 13.2 Å². The Morgan fingerprint density at radius 2 is 1.59 bits per heavy atom. The van der Waals surface area contributed by atoms with Crippen molar-refractivity contribution < 1.29 is 31.1 Å². The summed E-state index contributed by atoms with van der Waals surface area (Å²) < 4.78 is 73.6. The van der Waals surface area contributed by atoms with Gasteiger partial charge in [0.25, 0.3) is 5.91 Å². The normalized spacial score (nSPS) is 16.3. The number of hydrogen-bond donors (Lipinski definition) is 1. The maximum absolute atomic E-state index is 13.9. The van der Waals surface area contributed by atoms with Crippen molar-refractivity contribution in [3.8, 4) is 11.6 Å². The molecule has 10 nitrogen and oxygen atoms in total. The van der Waals surface area contributed by atoms with Crippen molar-refractivity contribution in [1.82, 2.24) is 20.0 Å². The highest BCUT2D eigenvalue weighted by Gasteiger charge is 2.33. The molecule has 0 aliphatic carbocycles. The van der Waals surface area contributed by atoms with Crippen LogP contribution in [-0.2, 0) is 22.0 Å². The number of amides is 1. The van der Waals surface area contributed by atoms with Crippen LogP contribution in [-0.4, -0.2) is 80.1 Å². The van der Waals surface area contributed by atoms with E-state index in [4.69, 9.17) is 4.74 Å². The number of likely N-dealkylation sites (N-methyl/N-ethyl adjacent to an activating group) is 1. The van der Waals surface area contributed by atoms with Crippen LogP contribution in [0.2, 0.25) is 0 Å². The second-order valence-corrected chi connectivity index (χ2v) is 14.7. The number of ether oxygens (including phenoxy) is 1. The van der Waals surface area contributed by atoms with Crippen molar-refractivity contribution in [2.75, 3.05) is 55.4 Å². The van der Waals surface area contributed by atoms with Gasteiger partial charge in [0.05, 0.1) is 17.1 Å². The van der Waals surface area contributed by atoms with Gasteiger partial charge in [-0.3, -0.25) is 9.52 Å². The number of nitrogens with zero attached hydrogens (tertiary/aromatic N) is 5. The number of halogens is 3. The zero-order valence-corrected chi connectivity index (χ0v) is 29.4. The summed E-state index contributed by atoms with van der Waals surface area (Å²) in [7, 11) is -3.78. The minimum atomic E-state index is -4.58. The average Bonchev–Trinajstić information content (AvgIpc) is 3.11. The van der Waals surface area contributed by atoms with E-state index < -0.39 is 21.9 Å². The van der Waals surface area contributed by atoms with Gasteiger partial charge in [-0.25, -0.2) is 8.42 Å². The number of nitrogens with one attached hydrogen (secondary N) is 1. The molecule has 6 rings (SSSR count). The molecule has 4 aromatic rings. The quantitative estimate of drug-likeness (QED) is 0.193. The Balaban J connectivity index is 1.13. The van der Waals surface area contributed by atoms with E-state index in [1.165, 1.54) is 0 Å². The van der Waals surface area contributed by atoms with E-state index in [2.05, 4.69) is 31.6 Å². The molecule has 3 aromatic carbocycles. The van der Waals surface area contributed by atoms with Gasteiger partial charge >= 0.3 is 6.18 Å². The number of alkyl halides is 3. The smallest absolute Gasteiger partial charge is 0.435 e. The summed E-state index contributed by atoms with van der Waals surface area (Å²) >= 11 is 0. The molecular formula is C37H41F3N6O4S. The van der Waals surface area contributed by atoms with Crippen molar-refractivity contribution >= 4 is 27.3 Å². The lowest BCUT2D eigenvalue weighted by molar-refractivity contribution is -0.141. The first-order valence-electron chi connectivity index (χ1n) is 17.0. The van der Waals surface area contributed by atoms with E-state index in [-0.39, 0.29) is 23.5 Å². The third-order valence-electron chi connectivity index (χ3n) is 9.43. The molecule has 270 valence electrons. The molecule has 3 heterocycles. The highest BCUT2D eigenvalue weighted by atomic mass is 32.2. The second kappa shape index (κ2) is 15.3. The molecule has 2 aliphatic rings. The lowest BCUT2D eigenvalue weighted by Crippen LogP contribution is -2.46. The molecule has 2 aliphatic heterocycles. The van der Waals surface area contributed by atoms with E-state index >= 15 is 0 Å². The molecule has 14 heteroatoms. The summed E-state index contributed by atoms with van der Waals surface area (Å²) in [5.41, 5.74) is 3.13. The molecule has 2 saturated heterocycles. The number of anilines is 2. The van der Waals surface area contributed by atoms with Gasteiger partial charge in [0.2, 0.25) is 15.9 Å². The van der Waals surface area contributed by atoms with Crippen molar-refractivity contribution in [2.24, 2.45) is 0 Å². The fourth-order valence-electron chi connectivity index (χ4n) is 6.74.